The van der Waals surface area contributed by atoms with Gasteiger partial charge in [0, 0.05) is 0 Å². The predicted octanol–water partition coefficient (Wildman–Crippen LogP) is 2.21. The van der Waals surface area contributed by atoms with E-state index >= 15 is 0 Å². The zero-order valence-corrected chi connectivity index (χ0v) is 8.93. The van der Waals surface area contributed by atoms with Crippen molar-refractivity contribution in [2.75, 3.05) is 6.61 Å². The molecule has 0 aromatic heterocycles. The predicted molar refractivity (Wildman–Crippen MR) is 63.8 cm³/mol. The Balaban J connectivity index is 2.49. The van der Waals surface area contributed by atoms with Gasteiger partial charge in [0.05, 0.1) is 6.61 Å². The lowest BCUT2D eigenvalue weighted by Crippen LogP contribution is -2.33. The Hall–Kier alpha value is -1.64. The molecule has 0 spiro atoms. The van der Waals surface area contributed by atoms with Gasteiger partial charge < -0.3 is 5.11 Å². The van der Waals surface area contributed by atoms with Crippen LogP contribution in [0.5, 0.6) is 0 Å². The quantitative estimate of drug-likeness (QED) is 0.832. The van der Waals surface area contributed by atoms with Gasteiger partial charge in [-0.25, -0.2) is 5.73 Å². The van der Waals surface area contributed by atoms with Crippen molar-refractivity contribution in [3.63, 3.8) is 0 Å². The molecule has 0 fully saturated rings. The van der Waals surface area contributed by atoms with Crippen LogP contribution < -0.4 is 5.73 Å². The molecule has 0 saturated heterocycles. The Morgan fingerprint density at radius 2 is 1.19 bits per heavy atom. The highest BCUT2D eigenvalue weighted by atomic mass is 16.3. The molecule has 0 aliphatic rings. The Morgan fingerprint density at radius 3 is 1.50 bits per heavy atom. The van der Waals surface area contributed by atoms with E-state index in [4.69, 9.17) is 5.73 Å². The minimum atomic E-state index is -1.07. The van der Waals surface area contributed by atoms with Crippen LogP contribution in [0.15, 0.2) is 60.7 Å². The average molecular weight is 212 g/mol. The Labute approximate surface area is 95.4 Å². The van der Waals surface area contributed by atoms with E-state index in [9.17, 15) is 5.11 Å². The molecule has 0 bridgehead atoms. The van der Waals surface area contributed by atoms with Gasteiger partial charge in [-0.15, -0.1) is 0 Å². The second-order valence-corrected chi connectivity index (χ2v) is 3.80. The molecule has 0 amide bonds. The summed E-state index contributed by atoms with van der Waals surface area (Å²) in [5, 5.41) is 9.50. The molecule has 0 aliphatic heterocycles. The highest BCUT2D eigenvalue weighted by molar-refractivity contribution is 5.37. The van der Waals surface area contributed by atoms with E-state index < -0.39 is 5.54 Å². The van der Waals surface area contributed by atoms with E-state index in [1.165, 1.54) is 0 Å². The summed E-state index contributed by atoms with van der Waals surface area (Å²) in [7, 11) is 0. The molecule has 1 radical (unpaired) electrons. The molecule has 0 atom stereocenters. The van der Waals surface area contributed by atoms with Gasteiger partial charge in [0.1, 0.15) is 5.54 Å². The smallest absolute Gasteiger partial charge is 0.105 e. The molecule has 0 aliphatic carbocycles. The summed E-state index contributed by atoms with van der Waals surface area (Å²) in [6, 6.07) is 18.8. The summed E-state index contributed by atoms with van der Waals surface area (Å²) in [6.45, 7) is -0.221. The fourth-order valence-corrected chi connectivity index (χ4v) is 1.79. The largest absolute Gasteiger partial charge is 0.394 e. The number of rotatable bonds is 3. The maximum Gasteiger partial charge on any atom is 0.105 e. The SMILES string of the molecule is [NH]C(CO)(c1ccccc1)c1ccccc1. The van der Waals surface area contributed by atoms with Crippen LogP contribution in [0.1, 0.15) is 11.1 Å². The highest BCUT2D eigenvalue weighted by Crippen LogP contribution is 2.27. The fraction of sp³-hybridized carbons (Fsp3) is 0.143. The number of aliphatic hydroxyl groups excluding tert-OH is 1. The van der Waals surface area contributed by atoms with Gasteiger partial charge in [-0.05, 0) is 11.1 Å². The van der Waals surface area contributed by atoms with Crippen LogP contribution in [0, 0.1) is 0 Å². The lowest BCUT2D eigenvalue weighted by molar-refractivity contribution is 0.218. The third kappa shape index (κ3) is 1.85. The van der Waals surface area contributed by atoms with Gasteiger partial charge in [-0.2, -0.15) is 0 Å². The van der Waals surface area contributed by atoms with Crippen LogP contribution in [0.3, 0.4) is 0 Å². The Kier molecular flexibility index (Phi) is 3.04. The van der Waals surface area contributed by atoms with Crippen LogP contribution in [0.25, 0.3) is 0 Å². The highest BCUT2D eigenvalue weighted by Gasteiger charge is 2.29. The molecule has 16 heavy (non-hydrogen) atoms. The molecule has 2 nitrogen and oxygen atoms in total. The first-order valence-corrected chi connectivity index (χ1v) is 5.24. The van der Waals surface area contributed by atoms with E-state index in [0.29, 0.717) is 0 Å². The van der Waals surface area contributed by atoms with E-state index in [0.717, 1.165) is 11.1 Å². The summed E-state index contributed by atoms with van der Waals surface area (Å²) in [4.78, 5) is 0. The normalized spacial score (nSPS) is 11.4. The second-order valence-electron chi connectivity index (χ2n) is 3.80. The number of hydrogen-bond acceptors (Lipinski definition) is 1. The molecule has 0 heterocycles. The van der Waals surface area contributed by atoms with Gasteiger partial charge >= 0.3 is 0 Å². The summed E-state index contributed by atoms with van der Waals surface area (Å²) < 4.78 is 0. The number of hydrogen-bond donors (Lipinski definition) is 1. The molecular weight excluding hydrogens is 198 g/mol. The average Bonchev–Trinajstić information content (AvgIpc) is 2.40. The first kappa shape index (κ1) is 10.9. The van der Waals surface area contributed by atoms with Crippen LogP contribution in [-0.4, -0.2) is 11.7 Å². The third-order valence-electron chi connectivity index (χ3n) is 2.77. The Morgan fingerprint density at radius 1 is 0.812 bits per heavy atom. The summed E-state index contributed by atoms with van der Waals surface area (Å²) in [5.74, 6) is 0. The van der Waals surface area contributed by atoms with E-state index in [-0.39, 0.29) is 6.61 Å². The molecule has 0 unspecified atom stereocenters. The standard InChI is InChI=1S/C14H14NO/c15-14(11-16,12-7-3-1-4-8-12)13-9-5-2-6-10-13/h1-10,15-16H,11H2. The molecule has 2 heteroatoms. The van der Waals surface area contributed by atoms with E-state index in [2.05, 4.69) is 0 Å². The van der Waals surface area contributed by atoms with Crippen molar-refractivity contribution in [1.82, 2.24) is 5.73 Å². The monoisotopic (exact) mass is 212 g/mol. The maximum absolute atomic E-state index is 9.50. The molecular formula is C14H14NO. The van der Waals surface area contributed by atoms with Crippen molar-refractivity contribution in [2.24, 2.45) is 0 Å². The first-order valence-electron chi connectivity index (χ1n) is 5.24. The maximum atomic E-state index is 9.50. The van der Waals surface area contributed by atoms with E-state index in [1.54, 1.807) is 0 Å². The van der Waals surface area contributed by atoms with Gasteiger partial charge in [0.2, 0.25) is 0 Å². The fourth-order valence-electron chi connectivity index (χ4n) is 1.79. The molecule has 81 valence electrons. The summed E-state index contributed by atoms with van der Waals surface area (Å²) in [5.41, 5.74) is 8.95. The summed E-state index contributed by atoms with van der Waals surface area (Å²) in [6.07, 6.45) is 0. The van der Waals surface area contributed by atoms with Crippen LogP contribution in [0.2, 0.25) is 0 Å². The molecule has 2 N–H and O–H groups in total. The van der Waals surface area contributed by atoms with Crippen molar-refractivity contribution in [1.29, 1.82) is 0 Å². The zero-order valence-electron chi connectivity index (χ0n) is 8.93. The van der Waals surface area contributed by atoms with Crippen molar-refractivity contribution < 1.29 is 5.11 Å². The lowest BCUT2D eigenvalue weighted by atomic mass is 9.85. The molecule has 2 rings (SSSR count). The van der Waals surface area contributed by atoms with Gasteiger partial charge in [0.25, 0.3) is 0 Å². The van der Waals surface area contributed by atoms with Gasteiger partial charge in [-0.3, -0.25) is 0 Å². The summed E-state index contributed by atoms with van der Waals surface area (Å²) >= 11 is 0. The lowest BCUT2D eigenvalue weighted by Gasteiger charge is -2.27. The van der Waals surface area contributed by atoms with Crippen LogP contribution >= 0.6 is 0 Å². The first-order chi connectivity index (χ1) is 7.77. The third-order valence-corrected chi connectivity index (χ3v) is 2.77. The molecule has 2 aromatic carbocycles. The van der Waals surface area contributed by atoms with Gasteiger partial charge in [0.15, 0.2) is 0 Å². The van der Waals surface area contributed by atoms with Crippen molar-refractivity contribution in [2.45, 2.75) is 5.54 Å². The van der Waals surface area contributed by atoms with Crippen molar-refractivity contribution >= 4 is 0 Å². The number of benzene rings is 2. The minimum Gasteiger partial charge on any atom is -0.394 e. The number of nitrogens with one attached hydrogen (secondary N) is 1. The van der Waals surface area contributed by atoms with Gasteiger partial charge in [-0.1, -0.05) is 60.7 Å². The van der Waals surface area contributed by atoms with E-state index in [1.807, 2.05) is 60.7 Å². The Bertz CT molecular complexity index is 399. The van der Waals surface area contributed by atoms with Crippen molar-refractivity contribution in [3.8, 4) is 0 Å². The molecule has 0 saturated carbocycles. The minimum absolute atomic E-state index is 0.221. The zero-order chi connectivity index (χ0) is 11.4. The molecule has 2 aromatic rings. The van der Waals surface area contributed by atoms with Crippen LogP contribution in [-0.2, 0) is 5.54 Å². The van der Waals surface area contributed by atoms with Crippen molar-refractivity contribution in [3.05, 3.63) is 71.8 Å². The van der Waals surface area contributed by atoms with Crippen LogP contribution in [0.4, 0.5) is 0 Å². The number of aliphatic hydroxyl groups is 1. The second kappa shape index (κ2) is 4.47. The topological polar surface area (TPSA) is 44.0 Å².